The number of rotatable bonds is 4. The summed E-state index contributed by atoms with van der Waals surface area (Å²) in [5.74, 6) is 0.583. The molecule has 21 heavy (non-hydrogen) atoms. The highest BCUT2D eigenvalue weighted by Gasteiger charge is 2.27. The first-order valence-electron chi connectivity index (χ1n) is 7.66. The van der Waals surface area contributed by atoms with Crippen molar-refractivity contribution in [2.45, 2.75) is 38.6 Å². The fourth-order valence-electron chi connectivity index (χ4n) is 3.13. The van der Waals surface area contributed by atoms with Gasteiger partial charge in [0.05, 0.1) is 6.54 Å². The van der Waals surface area contributed by atoms with Gasteiger partial charge in [-0.05, 0) is 18.8 Å². The average molecular weight is 318 g/mol. The van der Waals surface area contributed by atoms with E-state index in [0.717, 1.165) is 6.42 Å². The Bertz CT molecular complexity index is 460. The molecule has 1 heterocycles. The molecule has 0 aromatic carbocycles. The quantitative estimate of drug-likeness (QED) is 0.730. The molecule has 1 saturated heterocycles. The topological polar surface area (TPSA) is 95.7 Å². The first kappa shape index (κ1) is 16.7. The Hall–Kier alpha value is -0.700. The van der Waals surface area contributed by atoms with Crippen molar-refractivity contribution in [3.05, 3.63) is 0 Å². The van der Waals surface area contributed by atoms with Gasteiger partial charge in [-0.25, -0.2) is 5.14 Å². The fourth-order valence-corrected chi connectivity index (χ4v) is 3.80. The molecular formula is C13H26N4O3S. The van der Waals surface area contributed by atoms with Crippen LogP contribution in [-0.4, -0.2) is 62.3 Å². The van der Waals surface area contributed by atoms with Crippen molar-refractivity contribution in [1.82, 2.24) is 14.5 Å². The molecule has 0 aromatic rings. The lowest BCUT2D eigenvalue weighted by molar-refractivity contribution is -0.123. The second-order valence-electron chi connectivity index (χ2n) is 6.16. The minimum Gasteiger partial charge on any atom is -0.352 e. The van der Waals surface area contributed by atoms with Crippen molar-refractivity contribution in [2.75, 3.05) is 32.7 Å². The maximum Gasteiger partial charge on any atom is 0.276 e. The molecule has 2 aliphatic rings. The lowest BCUT2D eigenvalue weighted by Gasteiger charge is -2.34. The number of carbonyl (C=O) groups excluding carboxylic acids is 1. The number of nitrogens with two attached hydrogens (primary N) is 1. The lowest BCUT2D eigenvalue weighted by Crippen LogP contribution is -2.53. The summed E-state index contributed by atoms with van der Waals surface area (Å²) in [5, 5.41) is 8.22. The molecule has 0 aromatic heterocycles. The van der Waals surface area contributed by atoms with Gasteiger partial charge in [-0.1, -0.05) is 19.8 Å². The molecule has 1 aliphatic carbocycles. The van der Waals surface area contributed by atoms with Gasteiger partial charge in [0.15, 0.2) is 0 Å². The molecular weight excluding hydrogens is 292 g/mol. The minimum absolute atomic E-state index is 0.0396. The molecule has 2 atom stereocenters. The van der Waals surface area contributed by atoms with Gasteiger partial charge >= 0.3 is 0 Å². The number of piperazine rings is 1. The highest BCUT2D eigenvalue weighted by Crippen LogP contribution is 2.23. The third-order valence-corrected chi connectivity index (χ3v) is 5.60. The summed E-state index contributed by atoms with van der Waals surface area (Å²) in [5.41, 5.74) is 0. The Morgan fingerprint density at radius 2 is 1.81 bits per heavy atom. The van der Waals surface area contributed by atoms with Crippen molar-refractivity contribution in [3.8, 4) is 0 Å². The molecule has 0 spiro atoms. The molecule has 1 aliphatic heterocycles. The van der Waals surface area contributed by atoms with Gasteiger partial charge < -0.3 is 5.32 Å². The van der Waals surface area contributed by atoms with E-state index in [-0.39, 0.29) is 11.9 Å². The zero-order chi connectivity index (χ0) is 15.5. The highest BCUT2D eigenvalue weighted by atomic mass is 32.2. The van der Waals surface area contributed by atoms with Crippen LogP contribution in [0.1, 0.15) is 32.6 Å². The second-order valence-corrected chi connectivity index (χ2v) is 7.70. The highest BCUT2D eigenvalue weighted by molar-refractivity contribution is 7.86. The van der Waals surface area contributed by atoms with Gasteiger partial charge in [-0.15, -0.1) is 0 Å². The van der Waals surface area contributed by atoms with E-state index in [4.69, 9.17) is 5.14 Å². The van der Waals surface area contributed by atoms with Crippen LogP contribution in [0.4, 0.5) is 0 Å². The maximum absolute atomic E-state index is 12.1. The molecule has 2 fully saturated rings. The number of hydrogen-bond acceptors (Lipinski definition) is 4. The van der Waals surface area contributed by atoms with Gasteiger partial charge in [0, 0.05) is 32.2 Å². The van der Waals surface area contributed by atoms with Gasteiger partial charge in [0.1, 0.15) is 0 Å². The van der Waals surface area contributed by atoms with Gasteiger partial charge in [-0.2, -0.15) is 12.7 Å². The predicted molar refractivity (Wildman–Crippen MR) is 80.7 cm³/mol. The third kappa shape index (κ3) is 4.91. The van der Waals surface area contributed by atoms with E-state index in [9.17, 15) is 13.2 Å². The molecule has 2 rings (SSSR count). The van der Waals surface area contributed by atoms with E-state index in [2.05, 4.69) is 12.2 Å². The van der Waals surface area contributed by atoms with Crippen molar-refractivity contribution in [3.63, 3.8) is 0 Å². The van der Waals surface area contributed by atoms with E-state index in [1.165, 1.54) is 23.6 Å². The number of carbonyl (C=O) groups is 1. The first-order valence-corrected chi connectivity index (χ1v) is 9.16. The molecule has 3 N–H and O–H groups in total. The number of hydrogen-bond donors (Lipinski definition) is 2. The van der Waals surface area contributed by atoms with Gasteiger partial charge in [0.2, 0.25) is 5.91 Å². The second kappa shape index (κ2) is 7.04. The number of nitrogens with one attached hydrogen (secondary N) is 1. The predicted octanol–water partition coefficient (Wildman–Crippen LogP) is -0.498. The van der Waals surface area contributed by atoms with Crippen molar-refractivity contribution in [2.24, 2.45) is 11.1 Å². The van der Waals surface area contributed by atoms with Crippen LogP contribution in [0, 0.1) is 5.92 Å². The summed E-state index contributed by atoms with van der Waals surface area (Å²) in [7, 11) is -3.60. The molecule has 2 unspecified atom stereocenters. The van der Waals surface area contributed by atoms with E-state index >= 15 is 0 Å². The normalized spacial score (nSPS) is 29.2. The molecule has 0 bridgehead atoms. The smallest absolute Gasteiger partial charge is 0.276 e. The maximum atomic E-state index is 12.1. The Balaban J connectivity index is 1.74. The number of amides is 1. The fraction of sp³-hybridized carbons (Fsp3) is 0.923. The number of nitrogens with zero attached hydrogens (tertiary/aromatic N) is 2. The van der Waals surface area contributed by atoms with Crippen molar-refractivity contribution >= 4 is 16.1 Å². The Labute approximate surface area is 127 Å². The lowest BCUT2D eigenvalue weighted by atomic mass is 9.86. The Kier molecular flexibility index (Phi) is 5.59. The van der Waals surface area contributed by atoms with Crippen molar-refractivity contribution in [1.29, 1.82) is 0 Å². The summed E-state index contributed by atoms with van der Waals surface area (Å²) in [6.07, 6.45) is 4.68. The van der Waals surface area contributed by atoms with Crippen molar-refractivity contribution < 1.29 is 13.2 Å². The summed E-state index contributed by atoms with van der Waals surface area (Å²) >= 11 is 0. The summed E-state index contributed by atoms with van der Waals surface area (Å²) in [6, 6.07) is 0.289. The Morgan fingerprint density at radius 1 is 1.19 bits per heavy atom. The van der Waals surface area contributed by atoms with E-state index in [1.54, 1.807) is 0 Å². The zero-order valence-corrected chi connectivity index (χ0v) is 13.4. The molecule has 1 amide bonds. The SMILES string of the molecule is CC1CCCCC1NC(=O)CN1CCN(S(N)(=O)=O)CC1. The van der Waals surface area contributed by atoms with Crippen LogP contribution in [-0.2, 0) is 15.0 Å². The standard InChI is InChI=1S/C13H26N4O3S/c1-11-4-2-3-5-12(11)15-13(18)10-16-6-8-17(9-7-16)21(14,19)20/h11-12H,2-10H2,1H3,(H,15,18)(H2,14,19,20). The monoisotopic (exact) mass is 318 g/mol. The van der Waals surface area contributed by atoms with Crippen LogP contribution in [0.2, 0.25) is 0 Å². The van der Waals surface area contributed by atoms with E-state index in [1.807, 2.05) is 4.90 Å². The molecule has 1 saturated carbocycles. The van der Waals surface area contributed by atoms with Crippen LogP contribution in [0.15, 0.2) is 0 Å². The van der Waals surface area contributed by atoms with Crippen LogP contribution < -0.4 is 10.5 Å². The van der Waals surface area contributed by atoms with Crippen LogP contribution in [0.5, 0.6) is 0 Å². The summed E-state index contributed by atoms with van der Waals surface area (Å²) in [4.78, 5) is 14.1. The Morgan fingerprint density at radius 3 is 2.38 bits per heavy atom. The summed E-state index contributed by atoms with van der Waals surface area (Å²) in [6.45, 7) is 4.32. The zero-order valence-electron chi connectivity index (χ0n) is 12.6. The molecule has 122 valence electrons. The average Bonchev–Trinajstić information content (AvgIpc) is 2.41. The van der Waals surface area contributed by atoms with Crippen LogP contribution >= 0.6 is 0 Å². The summed E-state index contributed by atoms with van der Waals surface area (Å²) < 4.78 is 23.7. The van der Waals surface area contributed by atoms with E-state index < -0.39 is 10.2 Å². The van der Waals surface area contributed by atoms with Crippen LogP contribution in [0.3, 0.4) is 0 Å². The molecule has 0 radical (unpaired) electrons. The van der Waals surface area contributed by atoms with Gasteiger partial charge in [0.25, 0.3) is 10.2 Å². The first-order chi connectivity index (χ1) is 9.86. The van der Waals surface area contributed by atoms with Gasteiger partial charge in [-0.3, -0.25) is 9.69 Å². The third-order valence-electron chi connectivity index (χ3n) is 4.52. The molecule has 7 nitrogen and oxygen atoms in total. The van der Waals surface area contributed by atoms with Crippen LogP contribution in [0.25, 0.3) is 0 Å². The minimum atomic E-state index is -3.60. The largest absolute Gasteiger partial charge is 0.352 e. The van der Waals surface area contributed by atoms with E-state index in [0.29, 0.717) is 38.6 Å². The molecule has 8 heteroatoms.